The number of nitrogens with one attached hydrogen (secondary N) is 1. The number of hydrogen-bond acceptors (Lipinski definition) is 5. The van der Waals surface area contributed by atoms with Gasteiger partial charge in [0.15, 0.2) is 9.84 Å². The first-order chi connectivity index (χ1) is 14.2. The maximum Gasteiger partial charge on any atom is 0.235 e. The van der Waals surface area contributed by atoms with Crippen LogP contribution < -0.4 is 5.32 Å². The summed E-state index contributed by atoms with van der Waals surface area (Å²) >= 11 is 0. The molecule has 0 fully saturated rings. The van der Waals surface area contributed by atoms with Gasteiger partial charge in [0, 0.05) is 12.1 Å². The third-order valence-corrected chi connectivity index (χ3v) is 6.25. The predicted octanol–water partition coefficient (Wildman–Crippen LogP) is 3.54. The number of carbonyl (C=O) groups is 1. The number of oxazole rings is 1. The van der Waals surface area contributed by atoms with E-state index < -0.39 is 21.5 Å². The van der Waals surface area contributed by atoms with Crippen LogP contribution in [0.15, 0.2) is 52.9 Å². The van der Waals surface area contributed by atoms with Gasteiger partial charge in [0.1, 0.15) is 11.5 Å². The molecule has 158 valence electrons. The molecule has 0 aliphatic heterocycles. The van der Waals surface area contributed by atoms with Crippen molar-refractivity contribution in [3.63, 3.8) is 0 Å². The topological polar surface area (TPSA) is 89.3 Å². The maximum absolute atomic E-state index is 12.5. The molecule has 3 aromatic rings. The number of aromatic nitrogens is 1. The van der Waals surface area contributed by atoms with E-state index in [9.17, 15) is 13.2 Å². The van der Waals surface area contributed by atoms with E-state index in [1.165, 1.54) is 5.56 Å². The van der Waals surface area contributed by atoms with Gasteiger partial charge >= 0.3 is 0 Å². The molecule has 0 radical (unpaired) electrons. The quantitative estimate of drug-likeness (QED) is 0.595. The Morgan fingerprint density at radius 3 is 2.43 bits per heavy atom. The SMILES string of the molecule is Cc1ccc(CCNC(=O)CS(=O)(=O)Cc2nc(-c3ccccc3C)oc2C)cc1. The van der Waals surface area contributed by atoms with Crippen LogP contribution in [0.1, 0.15) is 28.1 Å². The van der Waals surface area contributed by atoms with Gasteiger partial charge in [-0.2, -0.15) is 0 Å². The molecule has 7 heteroatoms. The van der Waals surface area contributed by atoms with E-state index in [1.807, 2.05) is 62.4 Å². The fourth-order valence-electron chi connectivity index (χ4n) is 3.10. The van der Waals surface area contributed by atoms with Crippen molar-refractivity contribution in [3.8, 4) is 11.5 Å². The number of carbonyl (C=O) groups excluding carboxylic acids is 1. The van der Waals surface area contributed by atoms with Crippen molar-refractivity contribution in [3.05, 3.63) is 76.7 Å². The molecule has 3 rings (SSSR count). The molecule has 1 aromatic heterocycles. The maximum atomic E-state index is 12.5. The lowest BCUT2D eigenvalue weighted by Crippen LogP contribution is -2.32. The Hall–Kier alpha value is -2.93. The Bertz CT molecular complexity index is 1130. The van der Waals surface area contributed by atoms with Crippen LogP contribution in [-0.4, -0.2) is 31.6 Å². The van der Waals surface area contributed by atoms with Gasteiger partial charge in [-0.05, 0) is 44.4 Å². The minimum absolute atomic E-state index is 0.334. The Morgan fingerprint density at radius 1 is 1.03 bits per heavy atom. The van der Waals surface area contributed by atoms with E-state index in [1.54, 1.807) is 6.92 Å². The van der Waals surface area contributed by atoms with Gasteiger partial charge < -0.3 is 9.73 Å². The van der Waals surface area contributed by atoms with Crippen molar-refractivity contribution in [1.82, 2.24) is 10.3 Å². The molecular weight excluding hydrogens is 400 g/mol. The summed E-state index contributed by atoms with van der Waals surface area (Å²) in [5, 5.41) is 2.68. The van der Waals surface area contributed by atoms with Crippen LogP contribution in [0, 0.1) is 20.8 Å². The Morgan fingerprint density at radius 2 is 1.73 bits per heavy atom. The van der Waals surface area contributed by atoms with E-state index in [-0.39, 0.29) is 5.75 Å². The van der Waals surface area contributed by atoms with Crippen LogP contribution in [-0.2, 0) is 26.8 Å². The number of hydrogen-bond donors (Lipinski definition) is 1. The minimum Gasteiger partial charge on any atom is -0.441 e. The zero-order valence-electron chi connectivity index (χ0n) is 17.4. The Labute approximate surface area is 177 Å². The number of rotatable bonds is 8. The van der Waals surface area contributed by atoms with E-state index in [0.29, 0.717) is 30.3 Å². The van der Waals surface area contributed by atoms with Crippen LogP contribution >= 0.6 is 0 Å². The summed E-state index contributed by atoms with van der Waals surface area (Å²) in [6.45, 7) is 6.02. The summed E-state index contributed by atoms with van der Waals surface area (Å²) in [5.41, 5.74) is 4.40. The fourth-order valence-corrected chi connectivity index (χ4v) is 4.39. The van der Waals surface area contributed by atoms with E-state index >= 15 is 0 Å². The first-order valence-electron chi connectivity index (χ1n) is 9.78. The molecule has 0 atom stereocenters. The highest BCUT2D eigenvalue weighted by molar-refractivity contribution is 7.91. The third-order valence-electron chi connectivity index (χ3n) is 4.83. The first kappa shape index (κ1) is 21.8. The largest absolute Gasteiger partial charge is 0.441 e. The molecule has 0 aliphatic rings. The molecule has 0 bridgehead atoms. The second-order valence-corrected chi connectivity index (χ2v) is 9.52. The summed E-state index contributed by atoms with van der Waals surface area (Å²) < 4.78 is 30.7. The monoisotopic (exact) mass is 426 g/mol. The molecule has 1 heterocycles. The summed E-state index contributed by atoms with van der Waals surface area (Å²) in [6, 6.07) is 15.6. The van der Waals surface area contributed by atoms with E-state index in [2.05, 4.69) is 10.3 Å². The molecule has 0 unspecified atom stereocenters. The van der Waals surface area contributed by atoms with Crippen molar-refractivity contribution in [2.24, 2.45) is 0 Å². The predicted molar refractivity (Wildman–Crippen MR) is 117 cm³/mol. The summed E-state index contributed by atoms with van der Waals surface area (Å²) in [4.78, 5) is 16.5. The van der Waals surface area contributed by atoms with Gasteiger partial charge in [0.05, 0.1) is 11.4 Å². The Kier molecular flexibility index (Phi) is 6.72. The molecule has 2 aromatic carbocycles. The smallest absolute Gasteiger partial charge is 0.235 e. The number of aryl methyl sites for hydroxylation is 3. The molecule has 1 N–H and O–H groups in total. The molecule has 0 spiro atoms. The lowest BCUT2D eigenvalue weighted by molar-refractivity contribution is -0.118. The van der Waals surface area contributed by atoms with Crippen LogP contribution in [0.2, 0.25) is 0 Å². The van der Waals surface area contributed by atoms with E-state index in [0.717, 1.165) is 16.7 Å². The second-order valence-electron chi connectivity index (χ2n) is 7.45. The average molecular weight is 427 g/mol. The minimum atomic E-state index is -3.67. The van der Waals surface area contributed by atoms with Crippen LogP contribution in [0.25, 0.3) is 11.5 Å². The summed E-state index contributed by atoms with van der Waals surface area (Å²) in [7, 11) is -3.67. The molecule has 30 heavy (non-hydrogen) atoms. The molecule has 0 saturated carbocycles. The van der Waals surface area contributed by atoms with Gasteiger partial charge in [-0.1, -0.05) is 48.0 Å². The normalized spacial score (nSPS) is 11.4. The first-order valence-corrected chi connectivity index (χ1v) is 11.6. The van der Waals surface area contributed by atoms with Gasteiger partial charge in [-0.3, -0.25) is 4.79 Å². The molecular formula is C23H26N2O4S. The highest BCUT2D eigenvalue weighted by atomic mass is 32.2. The van der Waals surface area contributed by atoms with Gasteiger partial charge in [0.2, 0.25) is 11.8 Å². The van der Waals surface area contributed by atoms with Crippen molar-refractivity contribution >= 4 is 15.7 Å². The molecule has 0 saturated heterocycles. The third kappa shape index (κ3) is 5.79. The van der Waals surface area contributed by atoms with Gasteiger partial charge in [-0.25, -0.2) is 13.4 Å². The molecule has 6 nitrogen and oxygen atoms in total. The lowest BCUT2D eigenvalue weighted by atomic mass is 10.1. The Balaban J connectivity index is 1.57. The summed E-state index contributed by atoms with van der Waals surface area (Å²) in [6.07, 6.45) is 0.647. The number of nitrogens with zero attached hydrogens (tertiary/aromatic N) is 1. The van der Waals surface area contributed by atoms with Crippen LogP contribution in [0.5, 0.6) is 0 Å². The summed E-state index contributed by atoms with van der Waals surface area (Å²) in [5.74, 6) is -0.593. The zero-order chi connectivity index (χ0) is 21.7. The van der Waals surface area contributed by atoms with Crippen molar-refractivity contribution < 1.29 is 17.6 Å². The highest BCUT2D eigenvalue weighted by Gasteiger charge is 2.22. The number of amides is 1. The van der Waals surface area contributed by atoms with E-state index in [4.69, 9.17) is 4.42 Å². The average Bonchev–Trinajstić information content (AvgIpc) is 3.02. The number of sulfone groups is 1. The highest BCUT2D eigenvalue weighted by Crippen LogP contribution is 2.25. The fraction of sp³-hybridized carbons (Fsp3) is 0.304. The van der Waals surface area contributed by atoms with Crippen molar-refractivity contribution in [2.75, 3.05) is 12.3 Å². The van der Waals surface area contributed by atoms with Crippen molar-refractivity contribution in [1.29, 1.82) is 0 Å². The second kappa shape index (κ2) is 9.26. The van der Waals surface area contributed by atoms with Crippen LogP contribution in [0.3, 0.4) is 0 Å². The van der Waals surface area contributed by atoms with Gasteiger partial charge in [0.25, 0.3) is 0 Å². The standard InChI is InChI=1S/C23H26N2O4S/c1-16-8-10-19(11-9-16)12-13-24-22(26)15-30(27,28)14-21-18(3)29-23(25-21)20-7-5-4-6-17(20)2/h4-11H,12-15H2,1-3H3,(H,24,26). The van der Waals surface area contributed by atoms with Crippen LogP contribution in [0.4, 0.5) is 0 Å². The van der Waals surface area contributed by atoms with Crippen molar-refractivity contribution in [2.45, 2.75) is 32.9 Å². The van der Waals surface area contributed by atoms with Gasteiger partial charge in [-0.15, -0.1) is 0 Å². The lowest BCUT2D eigenvalue weighted by Gasteiger charge is -2.06. The molecule has 0 aliphatic carbocycles. The number of benzene rings is 2. The zero-order valence-corrected chi connectivity index (χ0v) is 18.3. The molecule has 1 amide bonds.